The third-order valence-corrected chi connectivity index (χ3v) is 7.11. The fourth-order valence-corrected chi connectivity index (χ4v) is 4.88. The van der Waals surface area contributed by atoms with Crippen molar-refractivity contribution >= 4 is 16.7 Å². The molecule has 0 amide bonds. The molecule has 0 radical (unpaired) electrons. The van der Waals surface area contributed by atoms with Crippen LogP contribution in [0.15, 0.2) is 16.7 Å². The summed E-state index contributed by atoms with van der Waals surface area (Å²) in [4.78, 5) is 0. The smallest absolute Gasteiger partial charge is 0.206 e. The number of alkyl halides is 3. The molecule has 0 N–H and O–H groups in total. The Hall–Kier alpha value is -6.65. The number of rotatable bonds is 3. The van der Waals surface area contributed by atoms with E-state index in [1.165, 1.54) is 0 Å². The van der Waals surface area contributed by atoms with Gasteiger partial charge in [0.25, 0.3) is 0 Å². The molecule has 0 spiro atoms. The van der Waals surface area contributed by atoms with E-state index in [2.05, 4.69) is 0 Å². The van der Waals surface area contributed by atoms with Crippen LogP contribution in [0.1, 0.15) is 38.9 Å². The van der Waals surface area contributed by atoms with Gasteiger partial charge < -0.3 is 0 Å². The second kappa shape index (κ2) is 12.4. The number of nitrogens with zero attached hydrogens (tertiary/aromatic N) is 5. The summed E-state index contributed by atoms with van der Waals surface area (Å²) < 4.78 is 204. The van der Waals surface area contributed by atoms with Gasteiger partial charge in [-0.1, -0.05) is 0 Å². The summed E-state index contributed by atoms with van der Waals surface area (Å²) >= 11 is 0. The van der Waals surface area contributed by atoms with Crippen LogP contribution in [0.5, 0.6) is 0 Å². The van der Waals surface area contributed by atoms with E-state index in [1.54, 1.807) is 0 Å². The average Bonchev–Trinajstić information content (AvgIpc) is 3.77. The van der Waals surface area contributed by atoms with Crippen LogP contribution in [-0.4, -0.2) is 0 Å². The van der Waals surface area contributed by atoms with E-state index in [4.69, 9.17) is 10.5 Å². The maximum absolute atomic E-state index is 15.4. The van der Waals surface area contributed by atoms with Crippen molar-refractivity contribution in [1.82, 2.24) is 0 Å². The SMILES string of the molecule is Cc1c(F)c(C(C#N)=C2C(=C(C#N)c3c(F)c(F)c(C#N)c(F)c3F)C2=C(C#N)c2c(F)c(F)c(C#N)c(F)c2F)c(F)c(F)c1C(F)(F)F. The normalized spacial score (nSPS) is 14.2. The topological polar surface area (TPSA) is 119 Å². The van der Waals surface area contributed by atoms with Gasteiger partial charge in [-0.25, -0.2) is 48.3 Å². The van der Waals surface area contributed by atoms with Crippen molar-refractivity contribution in [1.29, 1.82) is 26.3 Å². The first-order valence-electron chi connectivity index (χ1n) is 12.5. The molecular formula is C31H3F14N5. The van der Waals surface area contributed by atoms with Crippen LogP contribution in [0, 0.1) is 128 Å². The molecular weight excluding hydrogens is 708 g/mol. The van der Waals surface area contributed by atoms with Crippen molar-refractivity contribution in [3.05, 3.63) is 120 Å². The first kappa shape index (κ1) is 36.2. The molecule has 50 heavy (non-hydrogen) atoms. The zero-order valence-electron chi connectivity index (χ0n) is 23.5. The fourth-order valence-electron chi connectivity index (χ4n) is 4.88. The minimum Gasteiger partial charge on any atom is -0.206 e. The van der Waals surface area contributed by atoms with Crippen LogP contribution in [-0.2, 0) is 6.18 Å². The zero-order chi connectivity index (χ0) is 37.9. The summed E-state index contributed by atoms with van der Waals surface area (Å²) in [6.45, 7) is 0.242. The lowest BCUT2D eigenvalue weighted by molar-refractivity contribution is -0.141. The van der Waals surface area contributed by atoms with E-state index in [0.717, 1.165) is 30.3 Å². The Balaban J connectivity index is 2.38. The van der Waals surface area contributed by atoms with Gasteiger partial charge in [0.2, 0.25) is 0 Å². The highest BCUT2D eigenvalue weighted by Gasteiger charge is 2.47. The molecule has 0 heterocycles. The van der Waals surface area contributed by atoms with E-state index < -0.39 is 143 Å². The number of allylic oxidation sites excluding steroid dienone is 6. The van der Waals surface area contributed by atoms with Crippen molar-refractivity contribution in [2.24, 2.45) is 0 Å². The number of halogens is 14. The lowest BCUT2D eigenvalue weighted by atomic mass is 9.96. The molecule has 0 unspecified atom stereocenters. The lowest BCUT2D eigenvalue weighted by Crippen LogP contribution is -2.16. The van der Waals surface area contributed by atoms with Crippen LogP contribution in [0.3, 0.4) is 0 Å². The fraction of sp³-hybridized carbons (Fsp3) is 0.0645. The van der Waals surface area contributed by atoms with Gasteiger partial charge in [0.15, 0.2) is 58.2 Å². The molecule has 0 bridgehead atoms. The summed E-state index contributed by atoms with van der Waals surface area (Å²) in [7, 11) is 0. The molecule has 1 aliphatic rings. The molecule has 4 rings (SSSR count). The Bertz CT molecular complexity index is 2230. The maximum atomic E-state index is 15.4. The molecule has 1 fully saturated rings. The van der Waals surface area contributed by atoms with Gasteiger partial charge in [-0.05, 0) is 6.92 Å². The van der Waals surface area contributed by atoms with E-state index in [-0.39, 0.29) is 6.92 Å². The van der Waals surface area contributed by atoms with Crippen LogP contribution < -0.4 is 0 Å². The number of nitriles is 5. The Morgan fingerprint density at radius 3 is 0.920 bits per heavy atom. The summed E-state index contributed by atoms with van der Waals surface area (Å²) in [5.41, 5.74) is -24.2. The van der Waals surface area contributed by atoms with Crippen molar-refractivity contribution in [2.75, 3.05) is 0 Å². The summed E-state index contributed by atoms with van der Waals surface area (Å²) in [6, 6.07) is 4.31. The van der Waals surface area contributed by atoms with Gasteiger partial charge >= 0.3 is 6.18 Å². The Labute approximate surface area is 267 Å². The summed E-state index contributed by atoms with van der Waals surface area (Å²) in [6.07, 6.45) is -5.77. The quantitative estimate of drug-likeness (QED) is 0.153. The van der Waals surface area contributed by atoms with Crippen molar-refractivity contribution in [2.45, 2.75) is 13.1 Å². The van der Waals surface area contributed by atoms with Crippen LogP contribution in [0.2, 0.25) is 0 Å². The number of hydrogen-bond acceptors (Lipinski definition) is 5. The number of benzene rings is 3. The standard InChI is InChI=1S/C31H3F14N5/c1-7-19(31(43,44)45)30(42)29(41)16(20(7)32)8(2-46)13-14(9(3-47)17-25(37)21(33)11(5-49)22(34)26(17)38)15(13)10(4-48)18-27(39)23(35)12(6-50)24(36)28(18)40/h1H3. The second-order valence-corrected chi connectivity index (χ2v) is 9.64. The lowest BCUT2D eigenvalue weighted by Gasteiger charge is -2.15. The van der Waals surface area contributed by atoms with Gasteiger partial charge in [0.05, 0.1) is 33.4 Å². The molecule has 0 saturated heterocycles. The molecule has 1 aliphatic carbocycles. The Morgan fingerprint density at radius 2 is 0.680 bits per heavy atom. The van der Waals surface area contributed by atoms with Crippen molar-refractivity contribution in [3.8, 4) is 30.3 Å². The molecule has 250 valence electrons. The van der Waals surface area contributed by atoms with Crippen LogP contribution in [0.25, 0.3) is 16.7 Å². The Morgan fingerprint density at radius 1 is 0.420 bits per heavy atom. The number of hydrogen-bond donors (Lipinski definition) is 0. The second-order valence-electron chi connectivity index (χ2n) is 9.64. The molecule has 0 atom stereocenters. The minimum atomic E-state index is -5.77. The zero-order valence-corrected chi connectivity index (χ0v) is 23.5. The average molecular weight is 711 g/mol. The van der Waals surface area contributed by atoms with Crippen LogP contribution in [0.4, 0.5) is 61.5 Å². The van der Waals surface area contributed by atoms with Gasteiger partial charge in [-0.3, -0.25) is 0 Å². The highest BCUT2D eigenvalue weighted by Crippen LogP contribution is 2.57. The minimum absolute atomic E-state index is 0.242. The highest BCUT2D eigenvalue weighted by atomic mass is 19.4. The molecule has 5 nitrogen and oxygen atoms in total. The molecule has 0 aromatic heterocycles. The molecule has 1 saturated carbocycles. The van der Waals surface area contributed by atoms with Gasteiger partial charge in [-0.15, -0.1) is 0 Å². The summed E-state index contributed by atoms with van der Waals surface area (Å²) in [5.74, 6) is -28.2. The first-order chi connectivity index (χ1) is 23.3. The van der Waals surface area contributed by atoms with Crippen LogP contribution >= 0.6 is 0 Å². The predicted molar refractivity (Wildman–Crippen MR) is 136 cm³/mol. The Kier molecular flexibility index (Phi) is 8.99. The third kappa shape index (κ3) is 5.06. The van der Waals surface area contributed by atoms with E-state index in [1.807, 2.05) is 0 Å². The van der Waals surface area contributed by atoms with Crippen molar-refractivity contribution < 1.29 is 61.5 Å². The highest BCUT2D eigenvalue weighted by molar-refractivity contribution is 6.12. The largest absolute Gasteiger partial charge is 0.419 e. The third-order valence-electron chi connectivity index (χ3n) is 7.11. The van der Waals surface area contributed by atoms with Gasteiger partial charge in [0, 0.05) is 22.3 Å². The van der Waals surface area contributed by atoms with Crippen molar-refractivity contribution in [3.63, 3.8) is 0 Å². The molecule has 3 aromatic rings. The predicted octanol–water partition coefficient (Wildman–Crippen LogP) is 8.53. The van der Waals surface area contributed by atoms with Gasteiger partial charge in [0.1, 0.15) is 52.9 Å². The summed E-state index contributed by atoms with van der Waals surface area (Å²) in [5, 5.41) is 47.2. The van der Waals surface area contributed by atoms with Gasteiger partial charge in [-0.2, -0.15) is 39.5 Å². The molecule has 0 aliphatic heterocycles. The van der Waals surface area contributed by atoms with E-state index >= 15 is 26.3 Å². The van der Waals surface area contributed by atoms with E-state index in [9.17, 15) is 50.9 Å². The van der Waals surface area contributed by atoms with E-state index in [0.29, 0.717) is 0 Å². The maximum Gasteiger partial charge on any atom is 0.419 e. The monoisotopic (exact) mass is 711 g/mol. The first-order valence-corrected chi connectivity index (χ1v) is 12.5. The molecule has 19 heteroatoms. The molecule has 3 aromatic carbocycles.